The lowest BCUT2D eigenvalue weighted by Crippen LogP contribution is -2.40. The van der Waals surface area contributed by atoms with Crippen LogP contribution in [-0.4, -0.2) is 37.4 Å². The van der Waals surface area contributed by atoms with Crippen molar-refractivity contribution in [2.45, 2.75) is 31.7 Å². The second-order valence-electron chi connectivity index (χ2n) is 6.93. The molecule has 4 rings (SSSR count). The van der Waals surface area contributed by atoms with Crippen LogP contribution in [0, 0.1) is 0 Å². The molecule has 0 spiro atoms. The molecular formula is C20H25N3O3S. The quantitative estimate of drug-likeness (QED) is 0.806. The van der Waals surface area contributed by atoms with Gasteiger partial charge in [-0.05, 0) is 60.5 Å². The Morgan fingerprint density at radius 3 is 2.70 bits per heavy atom. The van der Waals surface area contributed by atoms with E-state index in [9.17, 15) is 4.79 Å². The Labute approximate surface area is 163 Å². The number of fused-ring (bicyclic) bond motifs is 1. The predicted molar refractivity (Wildman–Crippen MR) is 107 cm³/mol. The molecule has 1 saturated heterocycles. The van der Waals surface area contributed by atoms with Gasteiger partial charge < -0.3 is 20.1 Å². The number of hydrogen-bond donors (Lipinski definition) is 2. The fraction of sp³-hybridized carbons (Fsp3) is 0.450. The predicted octanol–water partition coefficient (Wildman–Crippen LogP) is 4.22. The van der Waals surface area contributed by atoms with Crippen molar-refractivity contribution < 1.29 is 14.3 Å². The van der Waals surface area contributed by atoms with E-state index in [0.717, 1.165) is 13.1 Å². The summed E-state index contributed by atoms with van der Waals surface area (Å²) in [6, 6.07) is 7.59. The van der Waals surface area contributed by atoms with Crippen molar-refractivity contribution in [1.82, 2.24) is 10.2 Å². The number of nitrogens with one attached hydrogen (secondary N) is 2. The summed E-state index contributed by atoms with van der Waals surface area (Å²) in [4.78, 5) is 14.9. The third-order valence-electron chi connectivity index (χ3n) is 5.10. The van der Waals surface area contributed by atoms with Crippen molar-refractivity contribution in [3.63, 3.8) is 0 Å². The van der Waals surface area contributed by atoms with E-state index < -0.39 is 0 Å². The largest absolute Gasteiger partial charge is 0.454 e. The standard InChI is InChI=1S/C20H25N3O3S/c24-20(22-16-5-6-18-19(11-16)26-14-25-18)21-12-17(15-7-10-27-13-15)23-8-3-1-2-4-9-23/h5-7,10-11,13,17H,1-4,8-9,12,14H2,(H2,21,22,24). The highest BCUT2D eigenvalue weighted by Gasteiger charge is 2.22. The molecule has 1 unspecified atom stereocenters. The van der Waals surface area contributed by atoms with Crippen molar-refractivity contribution in [2.75, 3.05) is 31.7 Å². The Bertz CT molecular complexity index is 758. The summed E-state index contributed by atoms with van der Waals surface area (Å²) in [5.41, 5.74) is 1.98. The maximum atomic E-state index is 12.4. The number of rotatable bonds is 5. The monoisotopic (exact) mass is 387 g/mol. The number of amides is 2. The molecule has 2 aliphatic heterocycles. The van der Waals surface area contributed by atoms with Gasteiger partial charge in [-0.1, -0.05) is 12.8 Å². The molecule has 0 saturated carbocycles. The number of ether oxygens (including phenoxy) is 2. The molecule has 2 amide bonds. The lowest BCUT2D eigenvalue weighted by molar-refractivity contribution is 0.174. The smallest absolute Gasteiger partial charge is 0.319 e. The maximum Gasteiger partial charge on any atom is 0.319 e. The summed E-state index contributed by atoms with van der Waals surface area (Å²) in [7, 11) is 0. The molecule has 0 bridgehead atoms. The lowest BCUT2D eigenvalue weighted by atomic mass is 10.1. The van der Waals surface area contributed by atoms with E-state index in [1.165, 1.54) is 31.2 Å². The van der Waals surface area contributed by atoms with Crippen molar-refractivity contribution in [1.29, 1.82) is 0 Å². The Hall–Kier alpha value is -2.25. The molecule has 6 nitrogen and oxygen atoms in total. The van der Waals surface area contributed by atoms with Gasteiger partial charge >= 0.3 is 6.03 Å². The second kappa shape index (κ2) is 8.63. The number of thiophene rings is 1. The maximum absolute atomic E-state index is 12.4. The molecule has 0 radical (unpaired) electrons. The average molecular weight is 388 g/mol. The highest BCUT2D eigenvalue weighted by Crippen LogP contribution is 2.34. The second-order valence-corrected chi connectivity index (χ2v) is 7.71. The summed E-state index contributed by atoms with van der Waals surface area (Å²) < 4.78 is 10.7. The first-order valence-electron chi connectivity index (χ1n) is 9.50. The molecule has 27 heavy (non-hydrogen) atoms. The molecule has 1 fully saturated rings. The Morgan fingerprint density at radius 2 is 1.93 bits per heavy atom. The Kier molecular flexibility index (Phi) is 5.79. The van der Waals surface area contributed by atoms with E-state index in [4.69, 9.17) is 9.47 Å². The van der Waals surface area contributed by atoms with E-state index in [2.05, 4.69) is 32.4 Å². The number of hydrogen-bond acceptors (Lipinski definition) is 5. The first kappa shape index (κ1) is 18.1. The van der Waals surface area contributed by atoms with Gasteiger partial charge in [0.25, 0.3) is 0 Å². The van der Waals surface area contributed by atoms with Gasteiger partial charge in [-0.2, -0.15) is 11.3 Å². The zero-order valence-corrected chi connectivity index (χ0v) is 16.1. The van der Waals surface area contributed by atoms with Crippen molar-refractivity contribution in [2.24, 2.45) is 0 Å². The molecule has 7 heteroatoms. The van der Waals surface area contributed by atoms with Crippen LogP contribution >= 0.6 is 11.3 Å². The Morgan fingerprint density at radius 1 is 1.11 bits per heavy atom. The number of anilines is 1. The van der Waals surface area contributed by atoms with Crippen LogP contribution in [0.25, 0.3) is 0 Å². The van der Waals surface area contributed by atoms with Crippen LogP contribution in [0.5, 0.6) is 11.5 Å². The average Bonchev–Trinajstić information content (AvgIpc) is 3.29. The number of carbonyl (C=O) groups excluding carboxylic acids is 1. The summed E-state index contributed by atoms with van der Waals surface area (Å²) in [6.45, 7) is 2.99. The molecule has 2 N–H and O–H groups in total. The van der Waals surface area contributed by atoms with Gasteiger partial charge in [-0.15, -0.1) is 0 Å². The molecule has 1 aromatic carbocycles. The van der Waals surface area contributed by atoms with Crippen LogP contribution in [0.4, 0.5) is 10.5 Å². The SMILES string of the molecule is O=C(NCC(c1ccsc1)N1CCCCCC1)Nc1ccc2c(c1)OCO2. The van der Waals surface area contributed by atoms with Gasteiger partial charge in [0.05, 0.1) is 6.04 Å². The third kappa shape index (κ3) is 4.54. The van der Waals surface area contributed by atoms with E-state index in [-0.39, 0.29) is 18.9 Å². The normalized spacial score (nSPS) is 17.9. The van der Waals surface area contributed by atoms with E-state index in [0.29, 0.717) is 23.7 Å². The first-order chi connectivity index (χ1) is 13.3. The fourth-order valence-electron chi connectivity index (χ4n) is 3.67. The first-order valence-corrected chi connectivity index (χ1v) is 10.4. The minimum Gasteiger partial charge on any atom is -0.454 e. The van der Waals surface area contributed by atoms with Crippen LogP contribution in [-0.2, 0) is 0 Å². The highest BCUT2D eigenvalue weighted by molar-refractivity contribution is 7.07. The summed E-state index contributed by atoms with van der Waals surface area (Å²) in [6.07, 6.45) is 5.05. The van der Waals surface area contributed by atoms with Gasteiger partial charge in [0, 0.05) is 18.3 Å². The molecule has 1 atom stereocenters. The van der Waals surface area contributed by atoms with Gasteiger partial charge in [0.1, 0.15) is 0 Å². The number of carbonyl (C=O) groups is 1. The number of nitrogens with zero attached hydrogens (tertiary/aromatic N) is 1. The van der Waals surface area contributed by atoms with E-state index in [1.807, 2.05) is 12.1 Å². The van der Waals surface area contributed by atoms with Crippen LogP contribution < -0.4 is 20.1 Å². The fourth-order valence-corrected chi connectivity index (χ4v) is 4.38. The van der Waals surface area contributed by atoms with Gasteiger partial charge in [-0.25, -0.2) is 4.79 Å². The minimum atomic E-state index is -0.205. The molecule has 3 heterocycles. The molecule has 144 valence electrons. The van der Waals surface area contributed by atoms with Crippen molar-refractivity contribution >= 4 is 23.1 Å². The van der Waals surface area contributed by atoms with E-state index >= 15 is 0 Å². The summed E-state index contributed by atoms with van der Waals surface area (Å²) in [5, 5.41) is 10.2. The molecular weight excluding hydrogens is 362 g/mol. The number of benzene rings is 1. The van der Waals surface area contributed by atoms with Crippen molar-refractivity contribution in [3.8, 4) is 11.5 Å². The molecule has 2 aliphatic rings. The number of likely N-dealkylation sites (tertiary alicyclic amines) is 1. The van der Waals surface area contributed by atoms with E-state index in [1.54, 1.807) is 17.4 Å². The topological polar surface area (TPSA) is 62.8 Å². The van der Waals surface area contributed by atoms with Gasteiger partial charge in [0.2, 0.25) is 6.79 Å². The highest BCUT2D eigenvalue weighted by atomic mass is 32.1. The third-order valence-corrected chi connectivity index (χ3v) is 5.80. The zero-order valence-electron chi connectivity index (χ0n) is 15.3. The van der Waals surface area contributed by atoms with Crippen LogP contribution in [0.1, 0.15) is 37.3 Å². The minimum absolute atomic E-state index is 0.205. The van der Waals surface area contributed by atoms with Crippen LogP contribution in [0.15, 0.2) is 35.0 Å². The Balaban J connectivity index is 1.37. The number of urea groups is 1. The van der Waals surface area contributed by atoms with Gasteiger partial charge in [-0.3, -0.25) is 4.90 Å². The molecule has 0 aliphatic carbocycles. The van der Waals surface area contributed by atoms with Crippen LogP contribution in [0.3, 0.4) is 0 Å². The van der Waals surface area contributed by atoms with Crippen LogP contribution in [0.2, 0.25) is 0 Å². The van der Waals surface area contributed by atoms with Gasteiger partial charge in [0.15, 0.2) is 11.5 Å². The lowest BCUT2D eigenvalue weighted by Gasteiger charge is -2.30. The zero-order chi connectivity index (χ0) is 18.5. The summed E-state index contributed by atoms with van der Waals surface area (Å²) >= 11 is 1.70. The summed E-state index contributed by atoms with van der Waals surface area (Å²) in [5.74, 6) is 1.37. The van der Waals surface area contributed by atoms with Crippen molar-refractivity contribution in [3.05, 3.63) is 40.6 Å². The molecule has 1 aromatic heterocycles. The molecule has 2 aromatic rings.